The van der Waals surface area contributed by atoms with Crippen molar-refractivity contribution in [1.29, 1.82) is 0 Å². The summed E-state index contributed by atoms with van der Waals surface area (Å²) >= 11 is 11.4. The molecule has 110 valence electrons. The van der Waals surface area contributed by atoms with Crippen molar-refractivity contribution in [2.24, 2.45) is 0 Å². The Balaban J connectivity index is 2.46. The largest absolute Gasteiger partial charge is 0.452 e. The van der Waals surface area contributed by atoms with Crippen LogP contribution in [0.2, 0.25) is 10.2 Å². The Bertz CT molecular complexity index is 495. The molecule has 0 spiro atoms. The molecule has 1 atom stereocenters. The Morgan fingerprint density at radius 3 is 2.75 bits per heavy atom. The summed E-state index contributed by atoms with van der Waals surface area (Å²) in [6.45, 7) is 3.58. The van der Waals surface area contributed by atoms with Crippen LogP contribution in [-0.4, -0.2) is 29.5 Å². The topological polar surface area (TPSA) is 68.3 Å². The number of carbonyl (C=O) groups is 2. The molecule has 1 heterocycles. The van der Waals surface area contributed by atoms with Gasteiger partial charge in [-0.3, -0.25) is 4.79 Å². The van der Waals surface area contributed by atoms with Gasteiger partial charge in [-0.05, 0) is 19.4 Å². The minimum atomic E-state index is -0.672. The summed E-state index contributed by atoms with van der Waals surface area (Å²) < 4.78 is 4.87. The van der Waals surface area contributed by atoms with Crippen LogP contribution in [0, 0.1) is 0 Å². The first-order valence-corrected chi connectivity index (χ1v) is 6.97. The van der Waals surface area contributed by atoms with Gasteiger partial charge in [0.1, 0.15) is 5.15 Å². The number of ether oxygens (including phenoxy) is 1. The molecule has 0 aliphatic carbocycles. The summed E-state index contributed by atoms with van der Waals surface area (Å²) in [4.78, 5) is 26.9. The van der Waals surface area contributed by atoms with Crippen LogP contribution in [0.1, 0.15) is 37.0 Å². The summed E-state index contributed by atoms with van der Waals surface area (Å²) in [7, 11) is 0. The zero-order chi connectivity index (χ0) is 15.1. The van der Waals surface area contributed by atoms with Gasteiger partial charge < -0.3 is 10.1 Å². The quantitative estimate of drug-likeness (QED) is 0.647. The van der Waals surface area contributed by atoms with Crippen LogP contribution in [0.15, 0.2) is 12.3 Å². The van der Waals surface area contributed by atoms with Crippen molar-refractivity contribution in [1.82, 2.24) is 10.3 Å². The van der Waals surface area contributed by atoms with Gasteiger partial charge in [0.2, 0.25) is 0 Å². The van der Waals surface area contributed by atoms with Gasteiger partial charge in [-0.2, -0.15) is 0 Å². The normalized spacial score (nSPS) is 11.8. The summed E-state index contributed by atoms with van der Waals surface area (Å²) in [5.41, 5.74) is 0.147. The van der Waals surface area contributed by atoms with E-state index in [1.807, 2.05) is 13.8 Å². The number of hydrogen-bond donors (Lipinski definition) is 1. The van der Waals surface area contributed by atoms with E-state index in [1.54, 1.807) is 0 Å². The molecule has 20 heavy (non-hydrogen) atoms. The van der Waals surface area contributed by atoms with Gasteiger partial charge >= 0.3 is 5.97 Å². The number of nitrogens with zero attached hydrogens (tertiary/aromatic N) is 1. The lowest BCUT2D eigenvalue weighted by Gasteiger charge is -2.12. The molecule has 0 aliphatic heterocycles. The molecule has 1 N–H and O–H groups in total. The van der Waals surface area contributed by atoms with Crippen LogP contribution in [-0.2, 0) is 9.53 Å². The number of rotatable bonds is 6. The van der Waals surface area contributed by atoms with E-state index in [-0.39, 0.29) is 34.3 Å². The maximum atomic E-state index is 11.7. The maximum absolute atomic E-state index is 11.7. The highest BCUT2D eigenvalue weighted by molar-refractivity contribution is 6.41. The first kappa shape index (κ1) is 16.7. The number of esters is 1. The Hall–Kier alpha value is -1.33. The Morgan fingerprint density at radius 2 is 2.15 bits per heavy atom. The Morgan fingerprint density at radius 1 is 1.45 bits per heavy atom. The van der Waals surface area contributed by atoms with Gasteiger partial charge in [0.25, 0.3) is 5.91 Å². The van der Waals surface area contributed by atoms with E-state index < -0.39 is 5.97 Å². The molecular weight excluding hydrogens is 303 g/mol. The molecule has 0 aliphatic rings. The van der Waals surface area contributed by atoms with Gasteiger partial charge in [-0.1, -0.05) is 36.5 Å². The van der Waals surface area contributed by atoms with Crippen molar-refractivity contribution < 1.29 is 14.3 Å². The van der Waals surface area contributed by atoms with Crippen LogP contribution in [0.4, 0.5) is 0 Å². The number of carbonyl (C=O) groups excluding carboxylic acids is 2. The molecule has 1 aromatic heterocycles. The van der Waals surface area contributed by atoms with Crippen LogP contribution >= 0.6 is 23.2 Å². The highest BCUT2D eigenvalue weighted by Gasteiger charge is 2.13. The van der Waals surface area contributed by atoms with Gasteiger partial charge in [0.05, 0.1) is 10.6 Å². The molecule has 0 saturated heterocycles. The highest BCUT2D eigenvalue weighted by atomic mass is 35.5. The molecule has 0 unspecified atom stereocenters. The third kappa shape index (κ3) is 5.35. The van der Waals surface area contributed by atoms with Crippen molar-refractivity contribution >= 4 is 35.1 Å². The zero-order valence-electron chi connectivity index (χ0n) is 11.3. The minimum Gasteiger partial charge on any atom is -0.452 e. The lowest BCUT2D eigenvalue weighted by atomic mass is 10.2. The second kappa shape index (κ2) is 8.07. The van der Waals surface area contributed by atoms with E-state index >= 15 is 0 Å². The summed E-state index contributed by atoms with van der Waals surface area (Å²) in [5.74, 6) is -1.01. The summed E-state index contributed by atoms with van der Waals surface area (Å²) in [5, 5.41) is 2.99. The van der Waals surface area contributed by atoms with E-state index in [0.29, 0.717) is 0 Å². The average Bonchev–Trinajstić information content (AvgIpc) is 2.39. The van der Waals surface area contributed by atoms with E-state index in [4.69, 9.17) is 27.9 Å². The lowest BCUT2D eigenvalue weighted by molar-refractivity contribution is -0.124. The van der Waals surface area contributed by atoms with Gasteiger partial charge in [0, 0.05) is 12.2 Å². The maximum Gasteiger partial charge on any atom is 0.340 e. The first-order valence-electron chi connectivity index (χ1n) is 6.21. The van der Waals surface area contributed by atoms with Gasteiger partial charge in [-0.15, -0.1) is 0 Å². The smallest absolute Gasteiger partial charge is 0.340 e. The van der Waals surface area contributed by atoms with Crippen molar-refractivity contribution in [3.63, 3.8) is 0 Å². The van der Waals surface area contributed by atoms with E-state index in [1.165, 1.54) is 12.3 Å². The number of hydrogen-bond acceptors (Lipinski definition) is 4. The molecule has 5 nitrogen and oxygen atoms in total. The fourth-order valence-electron chi connectivity index (χ4n) is 1.57. The predicted octanol–water partition coefficient (Wildman–Crippen LogP) is 2.85. The number of nitrogens with one attached hydrogen (secondary N) is 1. The molecule has 0 radical (unpaired) electrons. The third-order valence-corrected chi connectivity index (χ3v) is 3.18. The summed E-state index contributed by atoms with van der Waals surface area (Å²) in [6.07, 6.45) is 3.08. The number of pyridine rings is 1. The molecule has 0 aromatic carbocycles. The zero-order valence-corrected chi connectivity index (χ0v) is 12.8. The van der Waals surface area contributed by atoms with Crippen LogP contribution < -0.4 is 5.32 Å². The predicted molar refractivity (Wildman–Crippen MR) is 77.1 cm³/mol. The lowest BCUT2D eigenvalue weighted by Crippen LogP contribution is -2.35. The number of aromatic nitrogens is 1. The summed E-state index contributed by atoms with van der Waals surface area (Å²) in [6, 6.07) is 1.40. The van der Waals surface area contributed by atoms with Crippen molar-refractivity contribution in [2.45, 2.75) is 32.7 Å². The van der Waals surface area contributed by atoms with Crippen molar-refractivity contribution in [3.05, 3.63) is 28.0 Å². The fraction of sp³-hybridized carbons (Fsp3) is 0.462. The molecule has 1 aromatic rings. The molecule has 0 fully saturated rings. The molecule has 1 amide bonds. The SMILES string of the molecule is CCC[C@H](C)NC(=O)COC(=O)c1cnc(Cl)c(Cl)c1. The average molecular weight is 319 g/mol. The minimum absolute atomic E-state index is 0.0536. The number of amides is 1. The molecule has 0 saturated carbocycles. The van der Waals surface area contributed by atoms with Crippen molar-refractivity contribution in [3.8, 4) is 0 Å². The van der Waals surface area contributed by atoms with Crippen LogP contribution in [0.3, 0.4) is 0 Å². The van der Waals surface area contributed by atoms with Crippen LogP contribution in [0.5, 0.6) is 0 Å². The second-order valence-corrected chi connectivity index (χ2v) is 5.10. The van der Waals surface area contributed by atoms with E-state index in [0.717, 1.165) is 12.8 Å². The first-order chi connectivity index (χ1) is 9.43. The molecule has 0 bridgehead atoms. The van der Waals surface area contributed by atoms with E-state index in [2.05, 4.69) is 10.3 Å². The monoisotopic (exact) mass is 318 g/mol. The van der Waals surface area contributed by atoms with E-state index in [9.17, 15) is 9.59 Å². The molecular formula is C13H16Cl2N2O3. The van der Waals surface area contributed by atoms with Crippen molar-refractivity contribution in [2.75, 3.05) is 6.61 Å². The van der Waals surface area contributed by atoms with Crippen LogP contribution in [0.25, 0.3) is 0 Å². The highest BCUT2D eigenvalue weighted by Crippen LogP contribution is 2.19. The second-order valence-electron chi connectivity index (χ2n) is 4.33. The third-order valence-electron chi connectivity index (χ3n) is 2.50. The Kier molecular flexibility index (Phi) is 6.75. The van der Waals surface area contributed by atoms with Gasteiger partial charge in [0.15, 0.2) is 6.61 Å². The van der Waals surface area contributed by atoms with Gasteiger partial charge in [-0.25, -0.2) is 9.78 Å². The molecule has 7 heteroatoms. The Labute approximate surface area is 127 Å². The fourth-order valence-corrected chi connectivity index (χ4v) is 1.84. The standard InChI is InChI=1S/C13H16Cl2N2O3/c1-3-4-8(2)17-11(18)7-20-13(19)9-5-10(14)12(15)16-6-9/h5-6,8H,3-4,7H2,1-2H3,(H,17,18)/t8-/m0/s1. The number of halogens is 2. The molecule has 1 rings (SSSR count).